The van der Waals surface area contributed by atoms with Crippen LogP contribution in [-0.2, 0) is 4.79 Å². The van der Waals surface area contributed by atoms with Crippen LogP contribution >= 0.6 is 0 Å². The number of hydrogen-bond acceptors (Lipinski definition) is 3. The van der Waals surface area contributed by atoms with Crippen molar-refractivity contribution in [1.29, 1.82) is 0 Å². The van der Waals surface area contributed by atoms with E-state index in [1.807, 2.05) is 25.3 Å². The van der Waals surface area contributed by atoms with Crippen LogP contribution in [0.4, 0.5) is 0 Å². The molecule has 0 bridgehead atoms. The number of rotatable bonds is 3. The SMILES string of the molecule is Cc1ccc(OC2CCC(C=O)CC2)nc1. The molecule has 1 aliphatic carbocycles. The summed E-state index contributed by atoms with van der Waals surface area (Å²) in [6, 6.07) is 3.90. The number of hydrogen-bond donors (Lipinski definition) is 0. The summed E-state index contributed by atoms with van der Waals surface area (Å²) < 4.78 is 5.78. The lowest BCUT2D eigenvalue weighted by molar-refractivity contribution is -0.112. The van der Waals surface area contributed by atoms with Gasteiger partial charge < -0.3 is 9.53 Å². The van der Waals surface area contributed by atoms with E-state index in [9.17, 15) is 4.79 Å². The van der Waals surface area contributed by atoms with Crippen molar-refractivity contribution < 1.29 is 9.53 Å². The second kappa shape index (κ2) is 5.10. The molecule has 1 saturated carbocycles. The molecule has 0 radical (unpaired) electrons. The maximum Gasteiger partial charge on any atom is 0.213 e. The number of carbonyl (C=O) groups excluding carboxylic acids is 1. The minimum Gasteiger partial charge on any atom is -0.474 e. The average molecular weight is 219 g/mol. The van der Waals surface area contributed by atoms with Gasteiger partial charge in [0.05, 0.1) is 0 Å². The third kappa shape index (κ3) is 2.81. The van der Waals surface area contributed by atoms with E-state index >= 15 is 0 Å². The van der Waals surface area contributed by atoms with E-state index < -0.39 is 0 Å². The lowest BCUT2D eigenvalue weighted by Crippen LogP contribution is -2.24. The maximum absolute atomic E-state index is 10.6. The summed E-state index contributed by atoms with van der Waals surface area (Å²) in [6.07, 6.45) is 6.91. The van der Waals surface area contributed by atoms with Gasteiger partial charge in [0.1, 0.15) is 12.4 Å². The highest BCUT2D eigenvalue weighted by Crippen LogP contribution is 2.25. The summed E-state index contributed by atoms with van der Waals surface area (Å²) in [4.78, 5) is 14.8. The second-order valence-electron chi connectivity index (χ2n) is 4.46. The fourth-order valence-electron chi connectivity index (χ4n) is 2.04. The van der Waals surface area contributed by atoms with E-state index in [2.05, 4.69) is 4.98 Å². The molecule has 3 heteroatoms. The highest BCUT2D eigenvalue weighted by atomic mass is 16.5. The third-order valence-electron chi connectivity index (χ3n) is 3.08. The van der Waals surface area contributed by atoms with Crippen molar-refractivity contribution in [1.82, 2.24) is 4.98 Å². The third-order valence-corrected chi connectivity index (χ3v) is 3.08. The number of ether oxygens (including phenoxy) is 1. The van der Waals surface area contributed by atoms with Crippen LogP contribution in [0.2, 0.25) is 0 Å². The minimum absolute atomic E-state index is 0.228. The molecule has 0 atom stereocenters. The number of carbonyl (C=O) groups is 1. The Kier molecular flexibility index (Phi) is 3.54. The number of aryl methyl sites for hydroxylation is 1. The van der Waals surface area contributed by atoms with E-state index in [1.54, 1.807) is 0 Å². The summed E-state index contributed by atoms with van der Waals surface area (Å²) in [5.74, 6) is 0.936. The van der Waals surface area contributed by atoms with Crippen molar-refractivity contribution in [2.24, 2.45) is 5.92 Å². The first kappa shape index (κ1) is 11.1. The molecule has 16 heavy (non-hydrogen) atoms. The second-order valence-corrected chi connectivity index (χ2v) is 4.46. The fourth-order valence-corrected chi connectivity index (χ4v) is 2.04. The summed E-state index contributed by atoms with van der Waals surface area (Å²) in [7, 11) is 0. The Balaban J connectivity index is 1.86. The number of nitrogens with zero attached hydrogens (tertiary/aromatic N) is 1. The Hall–Kier alpha value is -1.38. The van der Waals surface area contributed by atoms with Gasteiger partial charge in [-0.05, 0) is 38.2 Å². The van der Waals surface area contributed by atoms with Crippen LogP contribution in [0.5, 0.6) is 5.88 Å². The highest BCUT2D eigenvalue weighted by molar-refractivity contribution is 5.53. The first-order chi connectivity index (χ1) is 7.78. The standard InChI is InChI=1S/C13H17NO2/c1-10-2-7-13(14-8-10)16-12-5-3-11(9-15)4-6-12/h2,7-9,11-12H,3-6H2,1H3. The van der Waals surface area contributed by atoms with Crippen LogP contribution in [0.3, 0.4) is 0 Å². The number of aldehydes is 1. The summed E-state index contributed by atoms with van der Waals surface area (Å²) in [5.41, 5.74) is 1.14. The zero-order valence-electron chi connectivity index (χ0n) is 9.56. The molecule has 0 saturated heterocycles. The van der Waals surface area contributed by atoms with Crippen LogP contribution < -0.4 is 4.74 Å². The van der Waals surface area contributed by atoms with E-state index in [0.29, 0.717) is 5.88 Å². The molecule has 1 fully saturated rings. The quantitative estimate of drug-likeness (QED) is 0.733. The van der Waals surface area contributed by atoms with Gasteiger partial charge >= 0.3 is 0 Å². The molecule has 0 aliphatic heterocycles. The van der Waals surface area contributed by atoms with E-state index in [4.69, 9.17) is 4.74 Å². The molecular formula is C13H17NO2. The maximum atomic E-state index is 10.6. The predicted octanol–water partition coefficient (Wildman–Crippen LogP) is 2.53. The Morgan fingerprint density at radius 3 is 2.62 bits per heavy atom. The van der Waals surface area contributed by atoms with Crippen molar-refractivity contribution in [2.75, 3.05) is 0 Å². The molecular weight excluding hydrogens is 202 g/mol. The first-order valence-electron chi connectivity index (χ1n) is 5.82. The van der Waals surface area contributed by atoms with Crippen molar-refractivity contribution in [3.63, 3.8) is 0 Å². The number of pyridine rings is 1. The Bertz CT molecular complexity index is 339. The van der Waals surface area contributed by atoms with E-state index in [1.165, 1.54) is 0 Å². The molecule has 0 amide bonds. The molecule has 0 unspecified atom stereocenters. The average Bonchev–Trinajstić information content (AvgIpc) is 2.33. The fraction of sp³-hybridized carbons (Fsp3) is 0.538. The van der Waals surface area contributed by atoms with E-state index in [0.717, 1.165) is 37.5 Å². The molecule has 1 aromatic rings. The van der Waals surface area contributed by atoms with Crippen molar-refractivity contribution >= 4 is 6.29 Å². The molecule has 3 nitrogen and oxygen atoms in total. The Morgan fingerprint density at radius 1 is 1.31 bits per heavy atom. The van der Waals surface area contributed by atoms with Gasteiger partial charge in [0, 0.05) is 18.2 Å². The zero-order valence-corrected chi connectivity index (χ0v) is 9.56. The van der Waals surface area contributed by atoms with Crippen LogP contribution in [0, 0.1) is 12.8 Å². The van der Waals surface area contributed by atoms with Gasteiger partial charge in [-0.1, -0.05) is 6.07 Å². The van der Waals surface area contributed by atoms with Crippen LogP contribution in [0.25, 0.3) is 0 Å². The highest BCUT2D eigenvalue weighted by Gasteiger charge is 2.21. The topological polar surface area (TPSA) is 39.2 Å². The summed E-state index contributed by atoms with van der Waals surface area (Å²) in [5, 5.41) is 0. The molecule has 1 heterocycles. The van der Waals surface area contributed by atoms with Crippen LogP contribution in [0.1, 0.15) is 31.2 Å². The molecule has 2 rings (SSSR count). The summed E-state index contributed by atoms with van der Waals surface area (Å²) in [6.45, 7) is 2.01. The monoisotopic (exact) mass is 219 g/mol. The molecule has 1 aliphatic rings. The smallest absolute Gasteiger partial charge is 0.213 e. The molecule has 0 N–H and O–H groups in total. The summed E-state index contributed by atoms with van der Waals surface area (Å²) >= 11 is 0. The number of aromatic nitrogens is 1. The van der Waals surface area contributed by atoms with E-state index in [-0.39, 0.29) is 12.0 Å². The minimum atomic E-state index is 0.228. The van der Waals surface area contributed by atoms with Gasteiger partial charge in [-0.15, -0.1) is 0 Å². The lowest BCUT2D eigenvalue weighted by Gasteiger charge is -2.25. The molecule has 1 aromatic heterocycles. The van der Waals surface area contributed by atoms with Crippen molar-refractivity contribution in [3.05, 3.63) is 23.9 Å². The predicted molar refractivity (Wildman–Crippen MR) is 61.4 cm³/mol. The van der Waals surface area contributed by atoms with Gasteiger partial charge in [-0.25, -0.2) is 4.98 Å². The van der Waals surface area contributed by atoms with Gasteiger partial charge in [0.25, 0.3) is 0 Å². The van der Waals surface area contributed by atoms with Gasteiger partial charge in [0.2, 0.25) is 5.88 Å². The van der Waals surface area contributed by atoms with Crippen LogP contribution in [0.15, 0.2) is 18.3 Å². The largest absolute Gasteiger partial charge is 0.474 e. The molecule has 0 spiro atoms. The lowest BCUT2D eigenvalue weighted by atomic mass is 9.88. The van der Waals surface area contributed by atoms with Crippen molar-refractivity contribution in [2.45, 2.75) is 38.7 Å². The molecule has 0 aromatic carbocycles. The zero-order chi connectivity index (χ0) is 11.4. The normalized spacial score (nSPS) is 25.1. The molecule has 86 valence electrons. The first-order valence-corrected chi connectivity index (χ1v) is 5.82. The van der Waals surface area contributed by atoms with Gasteiger partial charge in [-0.2, -0.15) is 0 Å². The van der Waals surface area contributed by atoms with Gasteiger partial charge in [0.15, 0.2) is 0 Å². The Labute approximate surface area is 95.8 Å². The van der Waals surface area contributed by atoms with Gasteiger partial charge in [-0.3, -0.25) is 0 Å². The van der Waals surface area contributed by atoms with Crippen LogP contribution in [-0.4, -0.2) is 17.4 Å². The Morgan fingerprint density at radius 2 is 2.06 bits per heavy atom. The van der Waals surface area contributed by atoms with Crippen molar-refractivity contribution in [3.8, 4) is 5.88 Å².